The molecule has 1 aliphatic rings. The summed E-state index contributed by atoms with van der Waals surface area (Å²) in [5.74, 6) is 0.993. The second kappa shape index (κ2) is 5.57. The van der Waals surface area contributed by atoms with Gasteiger partial charge in [-0.2, -0.15) is 5.10 Å². The summed E-state index contributed by atoms with van der Waals surface area (Å²) in [6.07, 6.45) is 5.93. The van der Waals surface area contributed by atoms with Crippen molar-refractivity contribution >= 4 is 28.5 Å². The third-order valence-electron chi connectivity index (χ3n) is 4.10. The lowest BCUT2D eigenvalue weighted by Gasteiger charge is -2.16. The first-order valence-electron chi connectivity index (χ1n) is 7.48. The van der Waals surface area contributed by atoms with Crippen LogP contribution in [0.25, 0.3) is 11.0 Å². The summed E-state index contributed by atoms with van der Waals surface area (Å²) in [6.45, 7) is 2.73. The van der Waals surface area contributed by atoms with E-state index < -0.39 is 0 Å². The summed E-state index contributed by atoms with van der Waals surface area (Å²) in [5, 5.41) is 6.25. The molecule has 22 heavy (non-hydrogen) atoms. The molecule has 0 N–H and O–H groups in total. The van der Waals surface area contributed by atoms with Crippen molar-refractivity contribution < 1.29 is 0 Å². The van der Waals surface area contributed by atoms with Gasteiger partial charge in [-0.25, -0.2) is 14.6 Å². The molecule has 3 aromatic rings. The fourth-order valence-corrected chi connectivity index (χ4v) is 3.16. The van der Waals surface area contributed by atoms with Crippen LogP contribution in [0, 0.1) is 0 Å². The van der Waals surface area contributed by atoms with Crippen molar-refractivity contribution in [1.29, 1.82) is 0 Å². The molecule has 0 radical (unpaired) electrons. The van der Waals surface area contributed by atoms with E-state index in [-0.39, 0.29) is 0 Å². The summed E-state index contributed by atoms with van der Waals surface area (Å²) in [7, 11) is 0. The smallest absolute Gasteiger partial charge is 0.163 e. The summed E-state index contributed by atoms with van der Waals surface area (Å²) < 4.78 is 1.89. The van der Waals surface area contributed by atoms with E-state index in [9.17, 15) is 0 Å². The Labute approximate surface area is 133 Å². The molecule has 0 unspecified atom stereocenters. The molecule has 5 nitrogen and oxygen atoms in total. The van der Waals surface area contributed by atoms with E-state index in [4.69, 9.17) is 11.6 Å². The Morgan fingerprint density at radius 1 is 1.09 bits per heavy atom. The Morgan fingerprint density at radius 3 is 2.73 bits per heavy atom. The first-order chi connectivity index (χ1) is 10.8. The highest BCUT2D eigenvalue weighted by molar-refractivity contribution is 6.31. The third kappa shape index (κ3) is 2.31. The van der Waals surface area contributed by atoms with Gasteiger partial charge in [0.1, 0.15) is 12.1 Å². The van der Waals surface area contributed by atoms with E-state index in [1.54, 1.807) is 6.33 Å². The summed E-state index contributed by atoms with van der Waals surface area (Å²) in [5.41, 5.74) is 1.90. The summed E-state index contributed by atoms with van der Waals surface area (Å²) in [4.78, 5) is 11.2. The maximum absolute atomic E-state index is 6.25. The predicted octanol–water partition coefficient (Wildman–Crippen LogP) is 3.13. The number of nitrogens with zero attached hydrogens (tertiary/aromatic N) is 5. The van der Waals surface area contributed by atoms with Crippen LogP contribution < -0.4 is 4.90 Å². The fourth-order valence-electron chi connectivity index (χ4n) is 2.97. The van der Waals surface area contributed by atoms with Crippen molar-refractivity contribution in [1.82, 2.24) is 19.7 Å². The zero-order valence-corrected chi connectivity index (χ0v) is 12.9. The Bertz CT molecular complexity index is 807. The van der Waals surface area contributed by atoms with Crippen molar-refractivity contribution in [3.63, 3.8) is 0 Å². The Morgan fingerprint density at radius 2 is 1.91 bits per heavy atom. The van der Waals surface area contributed by atoms with Crippen LogP contribution in [0.15, 0.2) is 36.8 Å². The number of hydrogen-bond donors (Lipinski definition) is 0. The van der Waals surface area contributed by atoms with Gasteiger partial charge in [0, 0.05) is 18.1 Å². The molecule has 0 aliphatic carbocycles. The van der Waals surface area contributed by atoms with E-state index in [1.807, 2.05) is 35.1 Å². The lowest BCUT2D eigenvalue weighted by atomic mass is 10.2. The molecule has 2 aromatic heterocycles. The largest absolute Gasteiger partial charge is 0.356 e. The first-order valence-corrected chi connectivity index (χ1v) is 7.85. The standard InChI is InChI=1S/C16H16ClN5/c17-14-6-2-1-5-12(14)10-22-16-13(9-20-22)15(18-11-19-16)21-7-3-4-8-21/h1-2,5-6,9,11H,3-4,7-8,10H2. The number of hydrogen-bond acceptors (Lipinski definition) is 4. The zero-order chi connectivity index (χ0) is 14.9. The molecule has 0 amide bonds. The highest BCUT2D eigenvalue weighted by atomic mass is 35.5. The monoisotopic (exact) mass is 313 g/mol. The first kappa shape index (κ1) is 13.5. The minimum absolute atomic E-state index is 0.611. The van der Waals surface area contributed by atoms with E-state index >= 15 is 0 Å². The molecule has 6 heteroatoms. The van der Waals surface area contributed by atoms with Crippen molar-refractivity contribution in [2.45, 2.75) is 19.4 Å². The second-order valence-corrected chi connectivity index (χ2v) is 5.93. The van der Waals surface area contributed by atoms with Crippen LogP contribution in [0.3, 0.4) is 0 Å². The lowest BCUT2D eigenvalue weighted by Crippen LogP contribution is -2.19. The van der Waals surface area contributed by atoms with Gasteiger partial charge in [0.25, 0.3) is 0 Å². The normalized spacial score (nSPS) is 14.9. The van der Waals surface area contributed by atoms with Crippen LogP contribution in [0.5, 0.6) is 0 Å². The number of fused-ring (bicyclic) bond motifs is 1. The highest BCUT2D eigenvalue weighted by Gasteiger charge is 2.18. The van der Waals surface area contributed by atoms with Gasteiger partial charge >= 0.3 is 0 Å². The maximum atomic E-state index is 6.25. The molecule has 0 saturated carbocycles. The van der Waals surface area contributed by atoms with Gasteiger partial charge in [0.2, 0.25) is 0 Å². The van der Waals surface area contributed by atoms with Gasteiger partial charge < -0.3 is 4.90 Å². The van der Waals surface area contributed by atoms with E-state index in [1.165, 1.54) is 12.8 Å². The van der Waals surface area contributed by atoms with Gasteiger partial charge in [-0.05, 0) is 24.5 Å². The number of aromatic nitrogens is 4. The lowest BCUT2D eigenvalue weighted by molar-refractivity contribution is 0.703. The molecular formula is C16H16ClN5. The fraction of sp³-hybridized carbons (Fsp3) is 0.312. The molecule has 1 fully saturated rings. The molecule has 1 aliphatic heterocycles. The van der Waals surface area contributed by atoms with Crippen molar-refractivity contribution in [2.75, 3.05) is 18.0 Å². The summed E-state index contributed by atoms with van der Waals surface area (Å²) >= 11 is 6.25. The van der Waals surface area contributed by atoms with Gasteiger partial charge in [-0.3, -0.25) is 0 Å². The molecule has 0 spiro atoms. The summed E-state index contributed by atoms with van der Waals surface area (Å²) in [6, 6.07) is 7.82. The van der Waals surface area contributed by atoms with Crippen molar-refractivity contribution in [2.24, 2.45) is 0 Å². The van der Waals surface area contributed by atoms with Crippen LogP contribution in [0.2, 0.25) is 5.02 Å². The van der Waals surface area contributed by atoms with Gasteiger partial charge in [0.05, 0.1) is 18.1 Å². The highest BCUT2D eigenvalue weighted by Crippen LogP contribution is 2.26. The Kier molecular flexibility index (Phi) is 3.42. The zero-order valence-electron chi connectivity index (χ0n) is 12.1. The Balaban J connectivity index is 1.74. The molecular weight excluding hydrogens is 298 g/mol. The third-order valence-corrected chi connectivity index (χ3v) is 4.46. The van der Waals surface area contributed by atoms with Gasteiger partial charge in [-0.15, -0.1) is 0 Å². The van der Waals surface area contributed by atoms with Gasteiger partial charge in [0.15, 0.2) is 5.65 Å². The number of rotatable bonds is 3. The quantitative estimate of drug-likeness (QED) is 0.745. The molecule has 1 aromatic carbocycles. The van der Waals surface area contributed by atoms with Gasteiger partial charge in [-0.1, -0.05) is 29.8 Å². The number of anilines is 1. The molecule has 3 heterocycles. The molecule has 112 valence electrons. The molecule has 0 bridgehead atoms. The van der Waals surface area contributed by atoms with Crippen LogP contribution in [0.1, 0.15) is 18.4 Å². The maximum Gasteiger partial charge on any atom is 0.163 e. The van der Waals surface area contributed by atoms with Crippen molar-refractivity contribution in [3.05, 3.63) is 47.4 Å². The van der Waals surface area contributed by atoms with Crippen LogP contribution in [-0.2, 0) is 6.54 Å². The SMILES string of the molecule is Clc1ccccc1Cn1ncc2c(N3CCCC3)ncnc21. The topological polar surface area (TPSA) is 46.8 Å². The van der Waals surface area contributed by atoms with E-state index in [0.717, 1.165) is 40.5 Å². The molecule has 4 rings (SSSR count). The van der Waals surface area contributed by atoms with Crippen LogP contribution in [-0.4, -0.2) is 32.8 Å². The minimum Gasteiger partial charge on any atom is -0.356 e. The van der Waals surface area contributed by atoms with Crippen LogP contribution in [0.4, 0.5) is 5.82 Å². The average Bonchev–Trinajstić information content (AvgIpc) is 3.19. The predicted molar refractivity (Wildman–Crippen MR) is 87.3 cm³/mol. The molecule has 1 saturated heterocycles. The second-order valence-electron chi connectivity index (χ2n) is 5.52. The van der Waals surface area contributed by atoms with Crippen LogP contribution >= 0.6 is 11.6 Å². The molecule has 0 atom stereocenters. The van der Waals surface area contributed by atoms with E-state index in [2.05, 4.69) is 20.0 Å². The van der Waals surface area contributed by atoms with E-state index in [0.29, 0.717) is 6.54 Å². The number of halogens is 1. The number of benzene rings is 1. The Hall–Kier alpha value is -2.14. The van der Waals surface area contributed by atoms with Crippen molar-refractivity contribution in [3.8, 4) is 0 Å². The minimum atomic E-state index is 0.611. The average molecular weight is 314 g/mol.